The molecule has 0 radical (unpaired) electrons. The normalized spacial score (nSPS) is 18.3. The van der Waals surface area contributed by atoms with Crippen LogP contribution in [0.4, 0.5) is 0 Å². The number of alkyl halides is 1. The lowest BCUT2D eigenvalue weighted by Crippen LogP contribution is -2.47. The SMILES string of the molecule is Cc1csc(C(=O)NC2(CCl)CCCC2)c1Cl. The molecular weight excluding hydrogens is 277 g/mol. The van der Waals surface area contributed by atoms with Crippen LogP contribution in [-0.2, 0) is 0 Å². The minimum Gasteiger partial charge on any atom is -0.345 e. The lowest BCUT2D eigenvalue weighted by atomic mass is 10.0. The average Bonchev–Trinajstić information content (AvgIpc) is 2.89. The number of carbonyl (C=O) groups excluding carboxylic acids is 1. The van der Waals surface area contributed by atoms with Crippen molar-refractivity contribution in [2.45, 2.75) is 38.1 Å². The summed E-state index contributed by atoms with van der Waals surface area (Å²) < 4.78 is 0. The zero-order valence-corrected chi connectivity index (χ0v) is 12.0. The molecule has 1 aliphatic rings. The minimum absolute atomic E-state index is 0.0874. The van der Waals surface area contributed by atoms with Crippen molar-refractivity contribution in [3.05, 3.63) is 20.8 Å². The molecule has 0 bridgehead atoms. The first kappa shape index (κ1) is 13.2. The van der Waals surface area contributed by atoms with E-state index in [1.54, 1.807) is 0 Å². The molecule has 0 aromatic carbocycles. The number of aryl methyl sites for hydroxylation is 1. The first-order valence-electron chi connectivity index (χ1n) is 5.70. The van der Waals surface area contributed by atoms with Gasteiger partial charge in [0.2, 0.25) is 0 Å². The van der Waals surface area contributed by atoms with Gasteiger partial charge < -0.3 is 5.32 Å². The first-order valence-corrected chi connectivity index (χ1v) is 7.49. The molecule has 0 saturated heterocycles. The molecule has 1 heterocycles. The van der Waals surface area contributed by atoms with E-state index in [1.165, 1.54) is 11.3 Å². The molecule has 94 valence electrons. The van der Waals surface area contributed by atoms with Gasteiger partial charge >= 0.3 is 0 Å². The molecule has 0 unspecified atom stereocenters. The number of halogens is 2. The highest BCUT2D eigenvalue weighted by Crippen LogP contribution is 2.33. The van der Waals surface area contributed by atoms with Crippen LogP contribution in [0.1, 0.15) is 40.9 Å². The van der Waals surface area contributed by atoms with Crippen molar-refractivity contribution in [3.8, 4) is 0 Å². The summed E-state index contributed by atoms with van der Waals surface area (Å²) in [5.74, 6) is 0.386. The second-order valence-electron chi connectivity index (χ2n) is 4.64. The highest BCUT2D eigenvalue weighted by molar-refractivity contribution is 7.13. The van der Waals surface area contributed by atoms with Crippen LogP contribution in [0.2, 0.25) is 5.02 Å². The highest BCUT2D eigenvalue weighted by atomic mass is 35.5. The Labute approximate surface area is 115 Å². The standard InChI is InChI=1S/C12H15Cl2NOS/c1-8-6-17-10(9(8)14)11(16)15-12(7-13)4-2-3-5-12/h6H,2-5,7H2,1H3,(H,15,16). The molecule has 5 heteroatoms. The van der Waals surface area contributed by atoms with Crippen LogP contribution in [0.25, 0.3) is 0 Å². The second kappa shape index (κ2) is 5.17. The summed E-state index contributed by atoms with van der Waals surface area (Å²) in [6.07, 6.45) is 4.18. The summed E-state index contributed by atoms with van der Waals surface area (Å²) in [5.41, 5.74) is 0.730. The van der Waals surface area contributed by atoms with Crippen LogP contribution in [0, 0.1) is 6.92 Å². The summed E-state index contributed by atoms with van der Waals surface area (Å²) >= 11 is 13.5. The Bertz CT molecular complexity index is 424. The quantitative estimate of drug-likeness (QED) is 0.838. The van der Waals surface area contributed by atoms with Crippen molar-refractivity contribution in [2.75, 3.05) is 5.88 Å². The van der Waals surface area contributed by atoms with Crippen LogP contribution in [0.3, 0.4) is 0 Å². The minimum atomic E-state index is -0.222. The maximum Gasteiger partial charge on any atom is 0.263 e. The summed E-state index contributed by atoms with van der Waals surface area (Å²) in [6.45, 7) is 1.91. The Kier molecular flexibility index (Phi) is 4.01. The van der Waals surface area contributed by atoms with Gasteiger partial charge in [0.25, 0.3) is 5.91 Å². The largest absolute Gasteiger partial charge is 0.345 e. The Morgan fingerprint density at radius 3 is 2.65 bits per heavy atom. The zero-order valence-electron chi connectivity index (χ0n) is 9.69. The van der Waals surface area contributed by atoms with Gasteiger partial charge in [0.05, 0.1) is 10.6 Å². The Balaban J connectivity index is 2.13. The number of carbonyl (C=O) groups is 1. The predicted molar refractivity (Wildman–Crippen MR) is 73.5 cm³/mol. The molecule has 0 spiro atoms. The first-order chi connectivity index (χ1) is 8.08. The summed E-state index contributed by atoms with van der Waals surface area (Å²) in [5, 5.41) is 5.53. The molecular formula is C12H15Cl2NOS. The molecule has 1 amide bonds. The van der Waals surface area contributed by atoms with E-state index in [2.05, 4.69) is 5.32 Å². The number of thiophene rings is 1. The molecule has 1 aliphatic carbocycles. The molecule has 0 atom stereocenters. The summed E-state index contributed by atoms with van der Waals surface area (Å²) in [4.78, 5) is 12.8. The van der Waals surface area contributed by atoms with E-state index >= 15 is 0 Å². The molecule has 2 rings (SSSR count). The van der Waals surface area contributed by atoms with Gasteiger partial charge in [-0.1, -0.05) is 24.4 Å². The number of nitrogens with one attached hydrogen (secondary N) is 1. The molecule has 1 aromatic heterocycles. The van der Waals surface area contributed by atoms with E-state index in [0.717, 1.165) is 31.2 Å². The third-order valence-corrected chi connectivity index (χ3v) is 5.51. The van der Waals surface area contributed by atoms with Crippen LogP contribution in [0.15, 0.2) is 5.38 Å². The van der Waals surface area contributed by atoms with Crippen molar-refractivity contribution < 1.29 is 4.79 Å². The monoisotopic (exact) mass is 291 g/mol. The van der Waals surface area contributed by atoms with E-state index < -0.39 is 0 Å². The number of rotatable bonds is 3. The van der Waals surface area contributed by atoms with Gasteiger partial charge in [0.15, 0.2) is 0 Å². The number of hydrogen-bond donors (Lipinski definition) is 1. The number of amides is 1. The van der Waals surface area contributed by atoms with E-state index in [4.69, 9.17) is 23.2 Å². The van der Waals surface area contributed by atoms with Gasteiger partial charge in [-0.2, -0.15) is 0 Å². The summed E-state index contributed by atoms with van der Waals surface area (Å²) in [6, 6.07) is 0. The van der Waals surface area contributed by atoms with Gasteiger partial charge in [-0.25, -0.2) is 0 Å². The van der Waals surface area contributed by atoms with Crippen LogP contribution in [0.5, 0.6) is 0 Å². The maximum absolute atomic E-state index is 12.2. The molecule has 1 saturated carbocycles. The van der Waals surface area contributed by atoms with E-state index in [9.17, 15) is 4.79 Å². The Morgan fingerprint density at radius 2 is 2.18 bits per heavy atom. The third-order valence-electron chi connectivity index (χ3n) is 3.30. The molecule has 1 fully saturated rings. The van der Waals surface area contributed by atoms with E-state index in [0.29, 0.717) is 15.8 Å². The van der Waals surface area contributed by atoms with Crippen molar-refractivity contribution >= 4 is 40.4 Å². The molecule has 0 aliphatic heterocycles. The van der Waals surface area contributed by atoms with Crippen molar-refractivity contribution in [2.24, 2.45) is 0 Å². The fraction of sp³-hybridized carbons (Fsp3) is 0.583. The van der Waals surface area contributed by atoms with Crippen LogP contribution in [-0.4, -0.2) is 17.3 Å². The van der Waals surface area contributed by atoms with Gasteiger partial charge in [-0.05, 0) is 30.7 Å². The van der Waals surface area contributed by atoms with Crippen molar-refractivity contribution in [1.82, 2.24) is 5.32 Å². The van der Waals surface area contributed by atoms with E-state index in [-0.39, 0.29) is 11.4 Å². The van der Waals surface area contributed by atoms with Crippen LogP contribution < -0.4 is 5.32 Å². The van der Waals surface area contributed by atoms with E-state index in [1.807, 2.05) is 12.3 Å². The lowest BCUT2D eigenvalue weighted by molar-refractivity contribution is 0.0913. The van der Waals surface area contributed by atoms with Crippen LogP contribution >= 0.6 is 34.5 Å². The third kappa shape index (κ3) is 2.61. The Hall–Kier alpha value is -0.250. The molecule has 17 heavy (non-hydrogen) atoms. The summed E-state index contributed by atoms with van der Waals surface area (Å²) in [7, 11) is 0. The fourth-order valence-electron chi connectivity index (χ4n) is 2.22. The smallest absolute Gasteiger partial charge is 0.263 e. The highest BCUT2D eigenvalue weighted by Gasteiger charge is 2.35. The Morgan fingerprint density at radius 1 is 1.53 bits per heavy atom. The molecule has 1 aromatic rings. The number of hydrogen-bond acceptors (Lipinski definition) is 2. The van der Waals surface area contributed by atoms with Crippen molar-refractivity contribution in [1.29, 1.82) is 0 Å². The van der Waals surface area contributed by atoms with Gasteiger partial charge in [0, 0.05) is 5.88 Å². The predicted octanol–water partition coefficient (Wildman–Crippen LogP) is 3.99. The second-order valence-corrected chi connectivity index (χ2v) is 6.16. The maximum atomic E-state index is 12.2. The van der Waals surface area contributed by atoms with Gasteiger partial charge in [-0.15, -0.1) is 22.9 Å². The lowest BCUT2D eigenvalue weighted by Gasteiger charge is -2.27. The molecule has 1 N–H and O–H groups in total. The van der Waals surface area contributed by atoms with Gasteiger partial charge in [-0.3, -0.25) is 4.79 Å². The average molecular weight is 292 g/mol. The zero-order chi connectivity index (χ0) is 12.5. The topological polar surface area (TPSA) is 29.1 Å². The molecule has 2 nitrogen and oxygen atoms in total. The fourth-order valence-corrected chi connectivity index (χ4v) is 3.73. The van der Waals surface area contributed by atoms with Crippen molar-refractivity contribution in [3.63, 3.8) is 0 Å². The van der Waals surface area contributed by atoms with Gasteiger partial charge in [0.1, 0.15) is 4.88 Å².